The molecule has 0 unspecified atom stereocenters. The fourth-order valence-electron chi connectivity index (χ4n) is 2.53. The molecule has 0 atom stereocenters. The van der Waals surface area contributed by atoms with Crippen LogP contribution in [-0.4, -0.2) is 10.0 Å². The Balaban J connectivity index is 2.23. The van der Waals surface area contributed by atoms with Gasteiger partial charge in [-0.1, -0.05) is 38.1 Å². The van der Waals surface area contributed by atoms with E-state index in [1.165, 1.54) is 23.3 Å². The van der Waals surface area contributed by atoms with Crippen LogP contribution in [0.15, 0.2) is 36.4 Å². The molecule has 0 aromatic heterocycles. The topological polar surface area (TPSA) is 67.2 Å². The summed E-state index contributed by atoms with van der Waals surface area (Å²) in [6.45, 7) is 6.08. The molecule has 2 N–H and O–H groups in total. The average molecular weight is 343 g/mol. The fourth-order valence-corrected chi connectivity index (χ4v) is 2.74. The maximum absolute atomic E-state index is 10.9. The van der Waals surface area contributed by atoms with Gasteiger partial charge in [-0.15, -0.1) is 0 Å². The van der Waals surface area contributed by atoms with Crippen molar-refractivity contribution in [2.24, 2.45) is 0 Å². The molecule has 0 aliphatic carbocycles. The number of benzene rings is 2. The first-order valence-electron chi connectivity index (χ1n) is 7.90. The number of rotatable bonds is 5. The molecule has 0 aliphatic rings. The van der Waals surface area contributed by atoms with Crippen molar-refractivity contribution in [3.05, 3.63) is 63.2 Å². The van der Waals surface area contributed by atoms with Crippen molar-refractivity contribution >= 4 is 34.4 Å². The Bertz CT molecular complexity index is 753. The monoisotopic (exact) mass is 343 g/mol. The first kappa shape index (κ1) is 17.9. The van der Waals surface area contributed by atoms with Crippen LogP contribution in [0.25, 0.3) is 0 Å². The highest BCUT2D eigenvalue weighted by Gasteiger charge is 2.12. The third-order valence-corrected chi connectivity index (χ3v) is 4.12. The predicted molar refractivity (Wildman–Crippen MR) is 103 cm³/mol. The molecule has 0 aliphatic heterocycles. The number of thiocarbonyl (C=S) groups is 1. The van der Waals surface area contributed by atoms with Gasteiger partial charge in [-0.2, -0.15) is 0 Å². The van der Waals surface area contributed by atoms with E-state index >= 15 is 0 Å². The van der Waals surface area contributed by atoms with Gasteiger partial charge in [0.1, 0.15) is 0 Å². The molecule has 24 heavy (non-hydrogen) atoms. The number of nitro benzene ring substituents is 1. The summed E-state index contributed by atoms with van der Waals surface area (Å²) in [5.41, 5.74) is 4.96. The minimum Gasteiger partial charge on any atom is -0.332 e. The summed E-state index contributed by atoms with van der Waals surface area (Å²) in [5, 5.41) is 17.7. The molecular formula is C18H21N3O2S. The number of hydrogen-bond acceptors (Lipinski definition) is 3. The highest BCUT2D eigenvalue weighted by molar-refractivity contribution is 7.80. The molecule has 0 fully saturated rings. The van der Waals surface area contributed by atoms with Crippen molar-refractivity contribution in [2.45, 2.75) is 33.6 Å². The molecule has 2 aromatic carbocycles. The minimum absolute atomic E-state index is 0.0362. The molecule has 2 rings (SSSR count). The second-order valence-corrected chi connectivity index (χ2v) is 5.90. The zero-order chi connectivity index (χ0) is 17.7. The van der Waals surface area contributed by atoms with Crippen molar-refractivity contribution < 1.29 is 4.92 Å². The molecule has 0 spiro atoms. The standard InChI is InChI=1S/C18H21N3O2S/c1-4-13-7-6-8-14(5-2)17(13)20-18(24)19-16-11-15(21(22)23)10-9-12(16)3/h6-11H,4-5H2,1-3H3,(H2,19,20,24). The van der Waals surface area contributed by atoms with Gasteiger partial charge in [-0.05, 0) is 48.7 Å². The van der Waals surface area contributed by atoms with E-state index in [4.69, 9.17) is 12.2 Å². The summed E-state index contributed by atoms with van der Waals surface area (Å²) in [7, 11) is 0. The van der Waals surface area contributed by atoms with E-state index < -0.39 is 4.92 Å². The first-order valence-corrected chi connectivity index (χ1v) is 8.30. The van der Waals surface area contributed by atoms with Crippen molar-refractivity contribution in [3.8, 4) is 0 Å². The number of non-ortho nitro benzene ring substituents is 1. The van der Waals surface area contributed by atoms with E-state index in [2.05, 4.69) is 36.6 Å². The zero-order valence-corrected chi connectivity index (χ0v) is 14.9. The molecule has 0 radical (unpaired) electrons. The van der Waals surface area contributed by atoms with Gasteiger partial charge >= 0.3 is 0 Å². The number of anilines is 2. The van der Waals surface area contributed by atoms with E-state index in [1.807, 2.05) is 13.0 Å². The Morgan fingerprint density at radius 2 is 1.75 bits per heavy atom. The lowest BCUT2D eigenvalue weighted by atomic mass is 10.0. The maximum Gasteiger partial charge on any atom is 0.271 e. The summed E-state index contributed by atoms with van der Waals surface area (Å²) in [6.07, 6.45) is 1.79. The normalized spacial score (nSPS) is 10.3. The quantitative estimate of drug-likeness (QED) is 0.462. The van der Waals surface area contributed by atoms with Crippen LogP contribution in [-0.2, 0) is 12.8 Å². The van der Waals surface area contributed by atoms with Crippen molar-refractivity contribution in [1.29, 1.82) is 0 Å². The van der Waals surface area contributed by atoms with Crippen LogP contribution in [0.3, 0.4) is 0 Å². The van der Waals surface area contributed by atoms with Crippen LogP contribution in [0.1, 0.15) is 30.5 Å². The van der Waals surface area contributed by atoms with Gasteiger partial charge in [0, 0.05) is 23.5 Å². The Labute approximate surface area is 147 Å². The highest BCUT2D eigenvalue weighted by atomic mass is 32.1. The SMILES string of the molecule is CCc1cccc(CC)c1NC(=S)Nc1cc([N+](=O)[O-])ccc1C. The zero-order valence-electron chi connectivity index (χ0n) is 14.1. The molecule has 0 amide bonds. The van der Waals surface area contributed by atoms with E-state index in [0.717, 1.165) is 24.1 Å². The van der Waals surface area contributed by atoms with Gasteiger partial charge < -0.3 is 10.6 Å². The highest BCUT2D eigenvalue weighted by Crippen LogP contribution is 2.25. The lowest BCUT2D eigenvalue weighted by molar-refractivity contribution is -0.384. The van der Waals surface area contributed by atoms with Gasteiger partial charge in [0.25, 0.3) is 5.69 Å². The van der Waals surface area contributed by atoms with Crippen LogP contribution in [0.4, 0.5) is 17.1 Å². The Kier molecular flexibility index (Phi) is 5.87. The second-order valence-electron chi connectivity index (χ2n) is 5.49. The molecule has 0 saturated carbocycles. The van der Waals surface area contributed by atoms with Gasteiger partial charge in [0.2, 0.25) is 0 Å². The summed E-state index contributed by atoms with van der Waals surface area (Å²) in [4.78, 5) is 10.5. The van der Waals surface area contributed by atoms with Gasteiger partial charge in [-0.3, -0.25) is 10.1 Å². The lowest BCUT2D eigenvalue weighted by Gasteiger charge is -2.17. The van der Waals surface area contributed by atoms with Crippen LogP contribution >= 0.6 is 12.2 Å². The van der Waals surface area contributed by atoms with Gasteiger partial charge in [0.15, 0.2) is 5.11 Å². The molecule has 6 heteroatoms. The summed E-state index contributed by atoms with van der Waals surface area (Å²) < 4.78 is 0. The number of nitrogens with one attached hydrogen (secondary N) is 2. The lowest BCUT2D eigenvalue weighted by Crippen LogP contribution is -2.21. The van der Waals surface area contributed by atoms with Gasteiger partial charge in [0.05, 0.1) is 4.92 Å². The second kappa shape index (κ2) is 7.88. The third-order valence-electron chi connectivity index (χ3n) is 3.92. The average Bonchev–Trinajstić information content (AvgIpc) is 2.56. The number of nitrogens with zero attached hydrogens (tertiary/aromatic N) is 1. The molecule has 2 aromatic rings. The van der Waals surface area contributed by atoms with E-state index in [9.17, 15) is 10.1 Å². The summed E-state index contributed by atoms with van der Waals surface area (Å²) in [5.74, 6) is 0. The largest absolute Gasteiger partial charge is 0.332 e. The Morgan fingerprint density at radius 1 is 1.12 bits per heavy atom. The van der Waals surface area contributed by atoms with Crippen LogP contribution in [0, 0.1) is 17.0 Å². The van der Waals surface area contributed by atoms with Crippen LogP contribution in [0.2, 0.25) is 0 Å². The predicted octanol–water partition coefficient (Wildman–Crippen LogP) is 4.84. The van der Waals surface area contributed by atoms with E-state index in [1.54, 1.807) is 6.07 Å². The van der Waals surface area contributed by atoms with Crippen LogP contribution < -0.4 is 10.6 Å². The number of aryl methyl sites for hydroxylation is 3. The number of hydrogen-bond donors (Lipinski definition) is 2. The van der Waals surface area contributed by atoms with Gasteiger partial charge in [-0.25, -0.2) is 0 Å². The molecule has 0 saturated heterocycles. The van der Waals surface area contributed by atoms with Crippen LogP contribution in [0.5, 0.6) is 0 Å². The fraction of sp³-hybridized carbons (Fsp3) is 0.278. The van der Waals surface area contributed by atoms with Crippen molar-refractivity contribution in [2.75, 3.05) is 10.6 Å². The minimum atomic E-state index is -0.414. The van der Waals surface area contributed by atoms with Crippen molar-refractivity contribution in [1.82, 2.24) is 0 Å². The number of para-hydroxylation sites is 1. The third kappa shape index (κ3) is 4.08. The molecule has 126 valence electrons. The molecule has 5 nitrogen and oxygen atoms in total. The molecular weight excluding hydrogens is 322 g/mol. The number of nitro groups is 1. The molecule has 0 bridgehead atoms. The Morgan fingerprint density at radius 3 is 2.29 bits per heavy atom. The van der Waals surface area contributed by atoms with Crippen molar-refractivity contribution in [3.63, 3.8) is 0 Å². The summed E-state index contributed by atoms with van der Waals surface area (Å²) in [6, 6.07) is 10.9. The Hall–Kier alpha value is -2.47. The molecule has 0 heterocycles. The van der Waals surface area contributed by atoms with E-state index in [-0.39, 0.29) is 5.69 Å². The van der Waals surface area contributed by atoms with E-state index in [0.29, 0.717) is 10.8 Å². The first-order chi connectivity index (χ1) is 11.5. The smallest absolute Gasteiger partial charge is 0.271 e. The summed E-state index contributed by atoms with van der Waals surface area (Å²) >= 11 is 5.41. The maximum atomic E-state index is 10.9.